The van der Waals surface area contributed by atoms with Gasteiger partial charge in [0.2, 0.25) is 0 Å². The zero-order valence-corrected chi connectivity index (χ0v) is 16.7. The summed E-state index contributed by atoms with van der Waals surface area (Å²) in [6, 6.07) is 6.87. The molecule has 1 atom stereocenters. The predicted molar refractivity (Wildman–Crippen MR) is 111 cm³/mol. The maximum Gasteiger partial charge on any atom is 0.176 e. The van der Waals surface area contributed by atoms with E-state index in [1.165, 1.54) is 28.7 Å². The Morgan fingerprint density at radius 2 is 2.07 bits per heavy atom. The number of nitrogens with one attached hydrogen (secondary N) is 1. The summed E-state index contributed by atoms with van der Waals surface area (Å²) in [4.78, 5) is 10.4. The maximum absolute atomic E-state index is 6.11. The molecule has 3 N–H and O–H groups in total. The fourth-order valence-corrected chi connectivity index (χ4v) is 4.70. The number of hydrazine groups is 1. The quantitative estimate of drug-likeness (QED) is 0.837. The standard InChI is InChI=1S/C23H28N4O/c1-23(2)8-7-20-17(11-23)12-25-13-21(20)22-14-27(26-28-22)19-6-4-15-9-18(24)5-3-16(15)10-19/h4,6,10,12-14,18,26H,3,5,7-9,11,24H2,1-2H3. The molecule has 1 aromatic heterocycles. The van der Waals surface area contributed by atoms with Crippen LogP contribution in [0.4, 0.5) is 5.69 Å². The van der Waals surface area contributed by atoms with E-state index in [2.05, 4.69) is 42.6 Å². The van der Waals surface area contributed by atoms with Crippen molar-refractivity contribution in [3.8, 4) is 0 Å². The van der Waals surface area contributed by atoms with Crippen molar-refractivity contribution < 1.29 is 4.84 Å². The molecule has 1 aromatic carbocycles. The molecule has 2 aromatic rings. The Morgan fingerprint density at radius 1 is 1.18 bits per heavy atom. The van der Waals surface area contributed by atoms with Crippen molar-refractivity contribution in [2.45, 2.75) is 58.4 Å². The Balaban J connectivity index is 1.43. The number of rotatable bonds is 2. The molecule has 1 unspecified atom stereocenters. The normalized spacial score (nSPS) is 22.9. The van der Waals surface area contributed by atoms with E-state index in [9.17, 15) is 0 Å². The highest BCUT2D eigenvalue weighted by Gasteiger charge is 2.29. The highest BCUT2D eigenvalue weighted by molar-refractivity contribution is 5.69. The van der Waals surface area contributed by atoms with Gasteiger partial charge in [-0.2, -0.15) is 0 Å². The van der Waals surface area contributed by atoms with Crippen LogP contribution in [-0.4, -0.2) is 11.0 Å². The highest BCUT2D eigenvalue weighted by Crippen LogP contribution is 2.38. The van der Waals surface area contributed by atoms with Crippen LogP contribution in [-0.2, 0) is 30.5 Å². The summed E-state index contributed by atoms with van der Waals surface area (Å²) in [5.41, 5.74) is 17.2. The Labute approximate surface area is 166 Å². The second-order valence-corrected chi connectivity index (χ2v) is 9.18. The average Bonchev–Trinajstić information content (AvgIpc) is 3.16. The molecule has 0 saturated heterocycles. The number of fused-ring (bicyclic) bond motifs is 2. The fraction of sp³-hybridized carbons (Fsp3) is 0.435. The summed E-state index contributed by atoms with van der Waals surface area (Å²) < 4.78 is 0. The molecular weight excluding hydrogens is 348 g/mol. The Kier molecular flexibility index (Phi) is 4.18. The molecule has 1 aliphatic heterocycles. The van der Waals surface area contributed by atoms with Gasteiger partial charge in [0.1, 0.15) is 0 Å². The van der Waals surface area contributed by atoms with E-state index in [-0.39, 0.29) is 0 Å². The third kappa shape index (κ3) is 3.19. The van der Waals surface area contributed by atoms with Gasteiger partial charge in [-0.25, -0.2) is 5.01 Å². The molecule has 5 heteroatoms. The number of aromatic nitrogens is 1. The van der Waals surface area contributed by atoms with Crippen LogP contribution >= 0.6 is 0 Å². The lowest BCUT2D eigenvalue weighted by molar-refractivity contribution is 0.180. The third-order valence-electron chi connectivity index (χ3n) is 6.37. The summed E-state index contributed by atoms with van der Waals surface area (Å²) in [5.74, 6) is 0.837. The number of hydrogen-bond acceptors (Lipinski definition) is 5. The van der Waals surface area contributed by atoms with Gasteiger partial charge in [-0.3, -0.25) is 4.98 Å². The first-order chi connectivity index (χ1) is 13.5. The molecule has 5 rings (SSSR count). The molecule has 2 heterocycles. The summed E-state index contributed by atoms with van der Waals surface area (Å²) >= 11 is 0. The Bertz CT molecular complexity index is 950. The van der Waals surface area contributed by atoms with Gasteiger partial charge < -0.3 is 10.6 Å². The number of pyridine rings is 1. The van der Waals surface area contributed by atoms with E-state index in [1.807, 2.05) is 23.6 Å². The smallest absolute Gasteiger partial charge is 0.176 e. The van der Waals surface area contributed by atoms with E-state index < -0.39 is 0 Å². The minimum absolute atomic E-state index is 0.292. The lowest BCUT2D eigenvalue weighted by Crippen LogP contribution is -2.29. The number of nitrogens with two attached hydrogens (primary N) is 1. The monoisotopic (exact) mass is 376 g/mol. The lowest BCUT2D eigenvalue weighted by Gasteiger charge is -2.31. The summed E-state index contributed by atoms with van der Waals surface area (Å²) in [7, 11) is 0. The van der Waals surface area contributed by atoms with Gasteiger partial charge in [0, 0.05) is 24.0 Å². The SMILES string of the molecule is CC1(C)CCc2c(cncc2C2=CN(c3ccc4c(c3)CCC(N)C4)NO2)C1. The molecule has 0 radical (unpaired) electrons. The van der Waals surface area contributed by atoms with Crippen molar-refractivity contribution in [3.05, 3.63) is 64.6 Å². The van der Waals surface area contributed by atoms with Gasteiger partial charge in [0.15, 0.2) is 5.76 Å². The first-order valence-electron chi connectivity index (χ1n) is 10.3. The van der Waals surface area contributed by atoms with E-state index in [0.717, 1.165) is 49.1 Å². The third-order valence-corrected chi connectivity index (χ3v) is 6.37. The zero-order chi connectivity index (χ0) is 19.3. The van der Waals surface area contributed by atoms with Crippen LogP contribution in [0, 0.1) is 5.41 Å². The van der Waals surface area contributed by atoms with Crippen molar-refractivity contribution in [3.63, 3.8) is 0 Å². The minimum Gasteiger partial charge on any atom is -0.386 e. The fourth-order valence-electron chi connectivity index (χ4n) is 4.70. The van der Waals surface area contributed by atoms with E-state index in [0.29, 0.717) is 11.5 Å². The topological polar surface area (TPSA) is 63.4 Å². The molecule has 0 amide bonds. The number of hydrogen-bond donors (Lipinski definition) is 2. The van der Waals surface area contributed by atoms with Gasteiger partial charge >= 0.3 is 0 Å². The number of benzene rings is 1. The molecule has 2 aliphatic carbocycles. The van der Waals surface area contributed by atoms with Crippen molar-refractivity contribution in [2.24, 2.45) is 11.1 Å². The number of anilines is 1. The molecule has 5 nitrogen and oxygen atoms in total. The summed E-state index contributed by atoms with van der Waals surface area (Å²) in [5, 5.41) is 1.95. The van der Waals surface area contributed by atoms with Crippen LogP contribution in [0.15, 0.2) is 36.8 Å². The number of aryl methyl sites for hydroxylation is 1. The van der Waals surface area contributed by atoms with Gasteiger partial charge in [-0.1, -0.05) is 25.5 Å². The van der Waals surface area contributed by atoms with Crippen molar-refractivity contribution in [2.75, 3.05) is 5.01 Å². The Hall–Kier alpha value is -2.37. The number of nitrogens with zero attached hydrogens (tertiary/aromatic N) is 2. The van der Waals surface area contributed by atoms with Crippen molar-refractivity contribution in [1.82, 2.24) is 10.6 Å². The molecule has 146 valence electrons. The molecule has 28 heavy (non-hydrogen) atoms. The van der Waals surface area contributed by atoms with Crippen molar-refractivity contribution in [1.29, 1.82) is 0 Å². The van der Waals surface area contributed by atoms with Crippen LogP contribution in [0.1, 0.15) is 54.5 Å². The van der Waals surface area contributed by atoms with Crippen LogP contribution in [0.2, 0.25) is 0 Å². The van der Waals surface area contributed by atoms with Crippen molar-refractivity contribution >= 4 is 11.4 Å². The van der Waals surface area contributed by atoms with Crippen LogP contribution in [0.3, 0.4) is 0 Å². The zero-order valence-electron chi connectivity index (χ0n) is 16.7. The molecule has 0 spiro atoms. The highest BCUT2D eigenvalue weighted by atomic mass is 16.7. The van der Waals surface area contributed by atoms with Gasteiger partial charge in [-0.15, -0.1) is 0 Å². The van der Waals surface area contributed by atoms with Crippen LogP contribution in [0.25, 0.3) is 5.76 Å². The largest absolute Gasteiger partial charge is 0.386 e. The van der Waals surface area contributed by atoms with Gasteiger partial charge in [0.05, 0.1) is 11.9 Å². The minimum atomic E-state index is 0.292. The van der Waals surface area contributed by atoms with Crippen LogP contribution < -0.4 is 16.3 Å². The second kappa shape index (κ2) is 6.61. The summed E-state index contributed by atoms with van der Waals surface area (Å²) in [6.07, 6.45) is 12.4. The molecule has 0 bridgehead atoms. The molecule has 0 saturated carbocycles. The molecule has 0 fully saturated rings. The predicted octanol–water partition coefficient (Wildman–Crippen LogP) is 3.67. The average molecular weight is 377 g/mol. The summed E-state index contributed by atoms with van der Waals surface area (Å²) in [6.45, 7) is 4.67. The van der Waals surface area contributed by atoms with E-state index in [4.69, 9.17) is 10.6 Å². The first-order valence-corrected chi connectivity index (χ1v) is 10.3. The lowest BCUT2D eigenvalue weighted by atomic mass is 9.74. The maximum atomic E-state index is 6.11. The first kappa shape index (κ1) is 17.7. The van der Waals surface area contributed by atoms with Gasteiger partial charge in [-0.05, 0) is 78.3 Å². The van der Waals surface area contributed by atoms with Gasteiger partial charge in [0.25, 0.3) is 0 Å². The van der Waals surface area contributed by atoms with Crippen LogP contribution in [0.5, 0.6) is 0 Å². The Morgan fingerprint density at radius 3 is 2.96 bits per heavy atom. The molecular formula is C23H28N4O. The second-order valence-electron chi connectivity index (χ2n) is 9.18. The van der Waals surface area contributed by atoms with E-state index >= 15 is 0 Å². The molecule has 3 aliphatic rings. The van der Waals surface area contributed by atoms with E-state index in [1.54, 1.807) is 0 Å².